The number of halogens is 1. The minimum atomic E-state index is -3.26. The number of benzene rings is 6. The van der Waals surface area contributed by atoms with Crippen molar-refractivity contribution in [2.45, 2.75) is 37.9 Å². The van der Waals surface area contributed by atoms with Gasteiger partial charge in [-0.25, -0.2) is 22.3 Å². The van der Waals surface area contributed by atoms with Crippen LogP contribution in [0.25, 0.3) is 22.3 Å². The molecule has 2 aliphatic rings. The number of anilines is 2. The lowest BCUT2D eigenvalue weighted by atomic mass is 10.0. The normalized spacial score (nSPS) is 14.2. The highest BCUT2D eigenvalue weighted by Gasteiger charge is 2.27. The van der Waals surface area contributed by atoms with Gasteiger partial charge in [0, 0.05) is 13.1 Å². The summed E-state index contributed by atoms with van der Waals surface area (Å²) in [5.41, 5.74) is 3.26. The number of piperidine rings is 2. The molecule has 0 saturated carbocycles. The van der Waals surface area contributed by atoms with E-state index >= 15 is 0 Å². The quantitative estimate of drug-likeness (QED) is 0.0576. The van der Waals surface area contributed by atoms with Crippen LogP contribution in [0.3, 0.4) is 0 Å². The number of phenolic OH excluding ortho intramolecular Hbond substituents is 2. The third-order valence-corrected chi connectivity index (χ3v) is 12.7. The zero-order valence-electron chi connectivity index (χ0n) is 37.3. The molecule has 2 aliphatic heterocycles. The molecule has 0 unspecified atom stereocenters. The van der Waals surface area contributed by atoms with E-state index in [1.54, 1.807) is 30.3 Å². The summed E-state index contributed by atoms with van der Waals surface area (Å²) in [7, 11) is -3.26. The molecule has 360 valence electrons. The number of aromatic hydroxyl groups is 2. The molecule has 18 heteroatoms. The first-order valence-electron chi connectivity index (χ1n) is 21.8. The molecule has 69 heavy (non-hydrogen) atoms. The number of carbonyl (C=O) groups excluding carboxylic acids is 2. The molecule has 2 amide bonds. The van der Waals surface area contributed by atoms with Crippen LogP contribution >= 0.6 is 12.4 Å². The number of amides is 2. The molecule has 0 atom stereocenters. The summed E-state index contributed by atoms with van der Waals surface area (Å²) in [6.07, 6.45) is 3.66. The number of aromatic carboxylic acids is 2. The molecule has 0 radical (unpaired) electrons. The Morgan fingerprint density at radius 3 is 1.35 bits per heavy atom. The Labute approximate surface area is 405 Å². The van der Waals surface area contributed by atoms with Crippen molar-refractivity contribution in [2.24, 2.45) is 0 Å². The second-order valence-corrected chi connectivity index (χ2v) is 18.2. The second kappa shape index (κ2) is 23.0. The van der Waals surface area contributed by atoms with Crippen molar-refractivity contribution in [3.63, 3.8) is 0 Å². The second-order valence-electron chi connectivity index (χ2n) is 16.2. The predicted molar refractivity (Wildman–Crippen MR) is 264 cm³/mol. The molecule has 0 bridgehead atoms. The fraction of sp³-hybridized carbons (Fsp3) is 0.216. The number of rotatable bonds is 13. The lowest BCUT2D eigenvalue weighted by Crippen LogP contribution is -2.41. The van der Waals surface area contributed by atoms with Crippen molar-refractivity contribution >= 4 is 57.6 Å². The van der Waals surface area contributed by atoms with Crippen molar-refractivity contribution < 1.29 is 57.5 Å². The van der Waals surface area contributed by atoms with Gasteiger partial charge in [0.1, 0.15) is 35.2 Å². The molecule has 2 saturated heterocycles. The standard InChI is InChI=1S/C26H26N2O7S.C25H24N2O5.ClH/c1-36(33,34)28-13-11-19(12-14-28)35-20-8-10-24(29)22(16-20)25(30)27-23-15-18(7-9-21(23)26(31)32)17-5-3-2-4-6-17;28-23-9-7-19(32-18-10-12-26-13-11-18)15-21(23)24(29)27-22-14-17(6-8-20(22)25(30)31)16-4-2-1-3-5-16;/h2-10,15-16,19,29H,11-14H2,1H3,(H,27,30)(H,31,32);1-9,14-15,18,26,28H,10-13H2,(H,27,29)(H,30,31);1H. The molecule has 8 rings (SSSR count). The molecule has 0 aliphatic carbocycles. The highest BCUT2D eigenvalue weighted by atomic mass is 35.5. The Balaban J connectivity index is 0.000000225. The average Bonchev–Trinajstić information content (AvgIpc) is 3.33. The van der Waals surface area contributed by atoms with Gasteiger partial charge in [-0.1, -0.05) is 72.8 Å². The molecule has 6 aromatic carbocycles. The van der Waals surface area contributed by atoms with Crippen LogP contribution in [-0.2, 0) is 10.0 Å². The maximum absolute atomic E-state index is 13.1. The smallest absolute Gasteiger partial charge is 0.337 e. The molecular weight excluding hydrogens is 928 g/mol. The van der Waals surface area contributed by atoms with E-state index in [1.807, 2.05) is 60.7 Å². The van der Waals surface area contributed by atoms with E-state index in [4.69, 9.17) is 9.47 Å². The van der Waals surface area contributed by atoms with Crippen LogP contribution in [0.15, 0.2) is 133 Å². The van der Waals surface area contributed by atoms with E-state index in [0.29, 0.717) is 37.4 Å². The number of carbonyl (C=O) groups is 4. The van der Waals surface area contributed by atoms with Gasteiger partial charge in [-0.15, -0.1) is 12.4 Å². The first kappa shape index (κ1) is 51.0. The molecule has 6 aromatic rings. The summed E-state index contributed by atoms with van der Waals surface area (Å²) in [5.74, 6) is -3.36. The van der Waals surface area contributed by atoms with Gasteiger partial charge in [0.05, 0.1) is 39.9 Å². The van der Waals surface area contributed by atoms with Crippen LogP contribution in [0.2, 0.25) is 0 Å². The fourth-order valence-electron chi connectivity index (χ4n) is 7.79. The van der Waals surface area contributed by atoms with Crippen LogP contribution in [0, 0.1) is 0 Å². The maximum Gasteiger partial charge on any atom is 0.337 e. The number of nitrogens with zero attached hydrogens (tertiary/aromatic N) is 1. The molecule has 0 aromatic heterocycles. The summed E-state index contributed by atoms with van der Waals surface area (Å²) >= 11 is 0. The fourth-order valence-corrected chi connectivity index (χ4v) is 8.66. The van der Waals surface area contributed by atoms with Gasteiger partial charge in [0.15, 0.2) is 0 Å². The Bertz CT molecular complexity index is 2910. The highest BCUT2D eigenvalue weighted by Crippen LogP contribution is 2.32. The number of sulfonamides is 1. The Kier molecular flexibility index (Phi) is 17.0. The first-order chi connectivity index (χ1) is 32.6. The maximum atomic E-state index is 13.1. The number of phenols is 2. The lowest BCUT2D eigenvalue weighted by molar-refractivity contribution is 0.0687. The minimum Gasteiger partial charge on any atom is -0.507 e. The number of carboxylic acid groups (broad SMARTS) is 2. The number of carboxylic acids is 2. The minimum absolute atomic E-state index is 0. The SMILES string of the molecule is CS(=O)(=O)N1CCC(Oc2ccc(O)c(C(=O)Nc3cc(-c4ccccc4)ccc3C(=O)O)c2)CC1.Cl.O=C(Nc1cc(-c2ccccc2)ccc1C(=O)O)c1cc(OC2CCNCC2)ccc1O. The van der Waals surface area contributed by atoms with Crippen LogP contribution in [0.5, 0.6) is 23.0 Å². The van der Waals surface area contributed by atoms with Crippen molar-refractivity contribution in [3.05, 3.63) is 156 Å². The molecular formula is C51H51ClN4O12S. The third kappa shape index (κ3) is 13.4. The third-order valence-electron chi connectivity index (χ3n) is 11.4. The van der Waals surface area contributed by atoms with Crippen molar-refractivity contribution in [2.75, 3.05) is 43.1 Å². The Morgan fingerprint density at radius 2 is 0.957 bits per heavy atom. The van der Waals surface area contributed by atoms with E-state index in [1.165, 1.54) is 53.0 Å². The van der Waals surface area contributed by atoms with E-state index in [0.717, 1.165) is 48.2 Å². The molecule has 7 N–H and O–H groups in total. The zero-order valence-corrected chi connectivity index (χ0v) is 39.0. The van der Waals surface area contributed by atoms with Gasteiger partial charge in [-0.05, 0) is 122 Å². The van der Waals surface area contributed by atoms with Crippen LogP contribution in [-0.4, -0.2) is 102 Å². The van der Waals surface area contributed by atoms with Crippen LogP contribution in [0.4, 0.5) is 11.4 Å². The predicted octanol–water partition coefficient (Wildman–Crippen LogP) is 8.37. The Morgan fingerprint density at radius 1 is 0.551 bits per heavy atom. The van der Waals surface area contributed by atoms with Crippen molar-refractivity contribution in [1.29, 1.82) is 0 Å². The number of hydrogen-bond acceptors (Lipinski definition) is 11. The number of hydrogen-bond donors (Lipinski definition) is 7. The topological polar surface area (TPSA) is 241 Å². The van der Waals surface area contributed by atoms with Gasteiger partial charge in [0.25, 0.3) is 11.8 Å². The van der Waals surface area contributed by atoms with Gasteiger partial charge < -0.3 is 45.9 Å². The first-order valence-corrected chi connectivity index (χ1v) is 23.6. The van der Waals surface area contributed by atoms with Crippen molar-refractivity contribution in [3.8, 4) is 45.3 Å². The number of ether oxygens (including phenoxy) is 2. The molecule has 0 spiro atoms. The Hall–Kier alpha value is -7.44. The molecule has 2 fully saturated rings. The molecule has 16 nitrogen and oxygen atoms in total. The summed E-state index contributed by atoms with van der Waals surface area (Å²) in [6, 6.07) is 36.9. The monoisotopic (exact) mass is 978 g/mol. The van der Waals surface area contributed by atoms with Crippen molar-refractivity contribution in [1.82, 2.24) is 9.62 Å². The van der Waals surface area contributed by atoms with Gasteiger partial charge >= 0.3 is 11.9 Å². The van der Waals surface area contributed by atoms with Gasteiger partial charge in [0.2, 0.25) is 10.0 Å². The molecule has 2 heterocycles. The lowest BCUT2D eigenvalue weighted by Gasteiger charge is -2.30. The summed E-state index contributed by atoms with van der Waals surface area (Å²) in [5, 5.41) is 48.3. The van der Waals surface area contributed by atoms with Gasteiger partial charge in [-0.2, -0.15) is 0 Å². The highest BCUT2D eigenvalue weighted by molar-refractivity contribution is 7.88. The summed E-state index contributed by atoms with van der Waals surface area (Å²) in [4.78, 5) is 49.5. The number of nitrogens with one attached hydrogen (secondary N) is 3. The zero-order chi connectivity index (χ0) is 48.4. The average molecular weight is 980 g/mol. The van der Waals surface area contributed by atoms with E-state index in [9.17, 15) is 48.0 Å². The van der Waals surface area contributed by atoms with Crippen LogP contribution < -0.4 is 25.4 Å². The largest absolute Gasteiger partial charge is 0.507 e. The van der Waals surface area contributed by atoms with E-state index in [-0.39, 0.29) is 69.7 Å². The van der Waals surface area contributed by atoms with E-state index < -0.39 is 33.8 Å². The van der Waals surface area contributed by atoms with E-state index in [2.05, 4.69) is 16.0 Å². The van der Waals surface area contributed by atoms with Crippen LogP contribution in [0.1, 0.15) is 67.1 Å². The summed E-state index contributed by atoms with van der Waals surface area (Å²) in [6.45, 7) is 2.41. The summed E-state index contributed by atoms with van der Waals surface area (Å²) < 4.78 is 36.7. The van der Waals surface area contributed by atoms with Gasteiger partial charge in [-0.3, -0.25) is 9.59 Å².